The molecular weight excluding hydrogens is 364 g/mol. The largest absolute Gasteiger partial charge is 0.497 e. The summed E-state index contributed by atoms with van der Waals surface area (Å²) in [4.78, 5) is 49.6. The number of amides is 5. The van der Waals surface area contributed by atoms with Crippen molar-refractivity contribution < 1.29 is 23.9 Å². The van der Waals surface area contributed by atoms with E-state index in [1.165, 1.54) is 7.11 Å². The van der Waals surface area contributed by atoms with Crippen molar-refractivity contribution in [3.05, 3.63) is 29.8 Å². The van der Waals surface area contributed by atoms with E-state index >= 15 is 0 Å². The highest BCUT2D eigenvalue weighted by Gasteiger charge is 2.56. The van der Waals surface area contributed by atoms with Crippen molar-refractivity contribution >= 4 is 23.8 Å². The highest BCUT2D eigenvalue weighted by molar-refractivity contribution is 6.09. The predicted octanol–water partition coefficient (Wildman–Crippen LogP) is 0.262. The van der Waals surface area contributed by atoms with Crippen LogP contribution in [0.3, 0.4) is 0 Å². The number of carbonyl (C=O) groups excluding carboxylic acids is 4. The molecule has 1 unspecified atom stereocenters. The third-order valence-corrected chi connectivity index (χ3v) is 5.06. The smallest absolute Gasteiger partial charge is 0.325 e. The summed E-state index contributed by atoms with van der Waals surface area (Å²) in [7, 11) is 1.52. The van der Waals surface area contributed by atoms with Gasteiger partial charge in [-0.25, -0.2) is 4.79 Å². The van der Waals surface area contributed by atoms with Crippen LogP contribution in [-0.2, 0) is 9.59 Å². The van der Waals surface area contributed by atoms with Crippen molar-refractivity contribution in [2.45, 2.75) is 25.3 Å². The number of rotatable bonds is 8. The maximum atomic E-state index is 12.5. The molecule has 150 valence electrons. The van der Waals surface area contributed by atoms with Gasteiger partial charge in [0.25, 0.3) is 11.8 Å². The fourth-order valence-corrected chi connectivity index (χ4v) is 3.24. The number of benzene rings is 1. The minimum absolute atomic E-state index is 0.142. The van der Waals surface area contributed by atoms with Gasteiger partial charge in [0.1, 0.15) is 17.8 Å². The Labute approximate surface area is 162 Å². The lowest BCUT2D eigenvalue weighted by molar-refractivity contribution is -0.135. The second kappa shape index (κ2) is 7.87. The molecule has 28 heavy (non-hydrogen) atoms. The number of nitrogens with zero attached hydrogens (tertiary/aromatic N) is 1. The summed E-state index contributed by atoms with van der Waals surface area (Å²) in [5.41, 5.74) is -0.452. The first-order valence-corrected chi connectivity index (χ1v) is 9.18. The van der Waals surface area contributed by atoms with E-state index in [0.29, 0.717) is 11.3 Å². The first-order valence-electron chi connectivity index (χ1n) is 9.18. The Morgan fingerprint density at radius 3 is 2.64 bits per heavy atom. The van der Waals surface area contributed by atoms with Crippen molar-refractivity contribution in [2.75, 3.05) is 26.7 Å². The molecule has 0 radical (unpaired) electrons. The van der Waals surface area contributed by atoms with Crippen molar-refractivity contribution in [2.24, 2.45) is 5.92 Å². The van der Waals surface area contributed by atoms with Crippen LogP contribution in [0.15, 0.2) is 24.3 Å². The van der Waals surface area contributed by atoms with E-state index in [9.17, 15) is 19.2 Å². The fourth-order valence-electron chi connectivity index (χ4n) is 3.24. The van der Waals surface area contributed by atoms with Crippen LogP contribution in [-0.4, -0.2) is 60.9 Å². The molecule has 1 aliphatic carbocycles. The highest BCUT2D eigenvalue weighted by Crippen LogP contribution is 2.42. The van der Waals surface area contributed by atoms with Gasteiger partial charge in [-0.05, 0) is 43.9 Å². The number of nitrogens with one attached hydrogen (secondary N) is 3. The van der Waals surface area contributed by atoms with Gasteiger partial charge in [0.2, 0.25) is 5.91 Å². The van der Waals surface area contributed by atoms with Gasteiger partial charge in [0.05, 0.1) is 7.11 Å². The number of hydrogen-bond donors (Lipinski definition) is 3. The zero-order valence-corrected chi connectivity index (χ0v) is 15.9. The van der Waals surface area contributed by atoms with Crippen LogP contribution in [0.1, 0.15) is 30.1 Å². The van der Waals surface area contributed by atoms with Gasteiger partial charge in [0, 0.05) is 18.7 Å². The van der Waals surface area contributed by atoms with Crippen LogP contribution >= 0.6 is 0 Å². The van der Waals surface area contributed by atoms with E-state index in [1.54, 1.807) is 31.2 Å². The van der Waals surface area contributed by atoms with Crippen LogP contribution in [0.2, 0.25) is 0 Å². The van der Waals surface area contributed by atoms with E-state index in [4.69, 9.17) is 4.74 Å². The maximum Gasteiger partial charge on any atom is 0.325 e. The molecule has 1 saturated carbocycles. The van der Waals surface area contributed by atoms with Crippen molar-refractivity contribution in [1.29, 1.82) is 0 Å². The summed E-state index contributed by atoms with van der Waals surface area (Å²) in [6, 6.07) is 6.18. The summed E-state index contributed by atoms with van der Waals surface area (Å²) in [5.74, 6) is -0.389. The summed E-state index contributed by atoms with van der Waals surface area (Å²) >= 11 is 0. The molecule has 1 aromatic carbocycles. The molecule has 1 heterocycles. The Hall–Kier alpha value is -3.10. The van der Waals surface area contributed by atoms with E-state index < -0.39 is 17.5 Å². The Balaban J connectivity index is 1.41. The monoisotopic (exact) mass is 388 g/mol. The lowest BCUT2D eigenvalue weighted by atomic mass is 9.96. The minimum atomic E-state index is -0.901. The third kappa shape index (κ3) is 4.08. The number of methoxy groups -OCH3 is 1. The number of urea groups is 1. The predicted molar refractivity (Wildman–Crippen MR) is 99.7 cm³/mol. The Kier molecular flexibility index (Phi) is 5.53. The standard InChI is InChI=1S/C19H24N4O5/c1-19(13-6-7-13)17(26)23(18(27)22-19)11-15(24)20-8-9-21-16(25)12-4-3-5-14(10-12)28-2/h3-5,10,13H,6-9,11H2,1-2H3,(H,20,24)(H,21,25)(H,22,27). The molecule has 2 aliphatic rings. The van der Waals surface area contributed by atoms with Crippen LogP contribution < -0.4 is 20.7 Å². The molecule has 3 rings (SSSR count). The molecule has 0 spiro atoms. The summed E-state index contributed by atoms with van der Waals surface area (Å²) < 4.78 is 5.07. The number of imide groups is 1. The van der Waals surface area contributed by atoms with Gasteiger partial charge < -0.3 is 20.7 Å². The molecule has 5 amide bonds. The van der Waals surface area contributed by atoms with E-state index in [-0.39, 0.29) is 37.4 Å². The number of carbonyl (C=O) groups is 4. The first kappa shape index (κ1) is 19.7. The second-order valence-corrected chi connectivity index (χ2v) is 7.14. The molecule has 3 N–H and O–H groups in total. The maximum absolute atomic E-state index is 12.5. The Bertz CT molecular complexity index is 807. The zero-order valence-electron chi connectivity index (χ0n) is 15.9. The van der Waals surface area contributed by atoms with Crippen molar-refractivity contribution in [3.63, 3.8) is 0 Å². The van der Waals surface area contributed by atoms with Gasteiger partial charge in [-0.1, -0.05) is 6.07 Å². The Morgan fingerprint density at radius 2 is 1.96 bits per heavy atom. The van der Waals surface area contributed by atoms with Gasteiger partial charge in [-0.3, -0.25) is 19.3 Å². The quantitative estimate of drug-likeness (QED) is 0.436. The lowest BCUT2D eigenvalue weighted by Gasteiger charge is -2.20. The third-order valence-electron chi connectivity index (χ3n) is 5.06. The van der Waals surface area contributed by atoms with Crippen LogP contribution in [0.5, 0.6) is 5.75 Å². The fraction of sp³-hybridized carbons (Fsp3) is 0.474. The highest BCUT2D eigenvalue weighted by atomic mass is 16.5. The molecular formula is C19H24N4O5. The second-order valence-electron chi connectivity index (χ2n) is 7.14. The van der Waals surface area contributed by atoms with Gasteiger partial charge >= 0.3 is 6.03 Å². The molecule has 1 aliphatic heterocycles. The average molecular weight is 388 g/mol. The SMILES string of the molecule is COc1cccc(C(=O)NCCNC(=O)CN2C(=O)NC(C)(C3CC3)C2=O)c1. The number of ether oxygens (including phenoxy) is 1. The molecule has 9 heteroatoms. The van der Waals surface area contributed by atoms with Gasteiger partial charge in [0.15, 0.2) is 0 Å². The van der Waals surface area contributed by atoms with Gasteiger partial charge in [-0.2, -0.15) is 0 Å². The molecule has 1 atom stereocenters. The van der Waals surface area contributed by atoms with E-state index in [2.05, 4.69) is 16.0 Å². The summed E-state index contributed by atoms with van der Waals surface area (Å²) in [5, 5.41) is 7.98. The summed E-state index contributed by atoms with van der Waals surface area (Å²) in [6.07, 6.45) is 1.80. The van der Waals surface area contributed by atoms with Crippen LogP contribution in [0, 0.1) is 5.92 Å². The zero-order chi connectivity index (χ0) is 20.3. The molecule has 2 fully saturated rings. The first-order chi connectivity index (χ1) is 13.3. The van der Waals surface area contributed by atoms with Crippen LogP contribution in [0.25, 0.3) is 0 Å². The topological polar surface area (TPSA) is 117 Å². The molecule has 0 aromatic heterocycles. The van der Waals surface area contributed by atoms with E-state index in [0.717, 1.165) is 17.7 Å². The number of hydrogen-bond acceptors (Lipinski definition) is 5. The molecule has 0 bridgehead atoms. The Morgan fingerprint density at radius 1 is 1.25 bits per heavy atom. The normalized spacial score (nSPS) is 21.3. The minimum Gasteiger partial charge on any atom is -0.497 e. The van der Waals surface area contributed by atoms with Crippen molar-refractivity contribution in [1.82, 2.24) is 20.9 Å². The lowest BCUT2D eigenvalue weighted by Crippen LogP contribution is -2.47. The average Bonchev–Trinajstić information content (AvgIpc) is 3.51. The summed E-state index contributed by atoms with van der Waals surface area (Å²) in [6.45, 7) is 1.76. The van der Waals surface area contributed by atoms with Crippen LogP contribution in [0.4, 0.5) is 4.79 Å². The molecule has 9 nitrogen and oxygen atoms in total. The molecule has 1 saturated heterocycles. The molecule has 1 aromatic rings. The van der Waals surface area contributed by atoms with Crippen molar-refractivity contribution in [3.8, 4) is 5.75 Å². The van der Waals surface area contributed by atoms with Gasteiger partial charge in [-0.15, -0.1) is 0 Å². The van der Waals surface area contributed by atoms with E-state index in [1.807, 2.05) is 0 Å².